The summed E-state index contributed by atoms with van der Waals surface area (Å²) in [5, 5.41) is 1.72. The first-order valence-corrected chi connectivity index (χ1v) is 11.5. The summed E-state index contributed by atoms with van der Waals surface area (Å²) in [4.78, 5) is 20.4. The Bertz CT molecular complexity index is 1350. The summed E-state index contributed by atoms with van der Waals surface area (Å²) in [6, 6.07) is 18.4. The molecule has 33 heavy (non-hydrogen) atoms. The van der Waals surface area contributed by atoms with Crippen molar-refractivity contribution in [2.45, 2.75) is 39.9 Å². The van der Waals surface area contributed by atoms with Crippen LogP contribution in [-0.4, -0.2) is 34.8 Å². The van der Waals surface area contributed by atoms with E-state index in [1.54, 1.807) is 10.8 Å². The largest absolute Gasteiger partial charge is 0.372 e. The molecule has 168 valence electrons. The number of morpholine rings is 1. The normalized spacial score (nSPS) is 18.6. The highest BCUT2D eigenvalue weighted by atomic mass is 16.5. The van der Waals surface area contributed by atoms with Crippen molar-refractivity contribution < 1.29 is 4.74 Å². The number of benzene rings is 2. The molecule has 0 unspecified atom stereocenters. The zero-order chi connectivity index (χ0) is 23.1. The van der Waals surface area contributed by atoms with Crippen LogP contribution >= 0.6 is 0 Å². The van der Waals surface area contributed by atoms with E-state index in [9.17, 15) is 4.79 Å². The van der Waals surface area contributed by atoms with E-state index in [2.05, 4.69) is 67.9 Å². The molecule has 0 saturated carbocycles. The highest BCUT2D eigenvalue weighted by molar-refractivity contribution is 5.98. The maximum Gasteiger partial charge on any atom is 0.263 e. The van der Waals surface area contributed by atoms with E-state index in [0.717, 1.165) is 46.7 Å². The number of anilines is 1. The van der Waals surface area contributed by atoms with Crippen molar-refractivity contribution in [2.75, 3.05) is 18.0 Å². The van der Waals surface area contributed by atoms with E-state index >= 15 is 0 Å². The van der Waals surface area contributed by atoms with E-state index in [-0.39, 0.29) is 17.8 Å². The van der Waals surface area contributed by atoms with E-state index in [0.29, 0.717) is 5.39 Å². The van der Waals surface area contributed by atoms with Gasteiger partial charge in [0.15, 0.2) is 0 Å². The third kappa shape index (κ3) is 4.05. The average molecular weight is 440 g/mol. The molecule has 0 spiro atoms. The van der Waals surface area contributed by atoms with Crippen molar-refractivity contribution in [2.24, 2.45) is 0 Å². The lowest BCUT2D eigenvalue weighted by Gasteiger charge is -2.36. The van der Waals surface area contributed by atoms with E-state index in [4.69, 9.17) is 4.74 Å². The molecule has 1 saturated heterocycles. The molecular formula is C28H29N3O2. The van der Waals surface area contributed by atoms with Gasteiger partial charge < -0.3 is 9.64 Å². The number of nitrogens with zero attached hydrogens (tertiary/aromatic N) is 3. The van der Waals surface area contributed by atoms with Gasteiger partial charge in [-0.2, -0.15) is 0 Å². The fraction of sp³-hybridized carbons (Fsp3) is 0.286. The molecule has 1 aliphatic rings. The van der Waals surface area contributed by atoms with Gasteiger partial charge in [0.2, 0.25) is 0 Å². The monoisotopic (exact) mass is 439 g/mol. The van der Waals surface area contributed by atoms with Crippen molar-refractivity contribution in [1.82, 2.24) is 9.55 Å². The second-order valence-corrected chi connectivity index (χ2v) is 9.12. The molecule has 0 bridgehead atoms. The summed E-state index contributed by atoms with van der Waals surface area (Å²) in [6.07, 6.45) is 4.06. The Labute approximate surface area is 194 Å². The molecule has 5 nitrogen and oxygen atoms in total. The second kappa shape index (κ2) is 8.49. The molecular weight excluding hydrogens is 410 g/mol. The third-order valence-electron chi connectivity index (χ3n) is 6.35. The summed E-state index contributed by atoms with van der Waals surface area (Å²) >= 11 is 0. The Balaban J connectivity index is 1.55. The third-order valence-corrected chi connectivity index (χ3v) is 6.35. The van der Waals surface area contributed by atoms with Crippen molar-refractivity contribution in [3.05, 3.63) is 88.5 Å². The Morgan fingerprint density at radius 3 is 2.33 bits per heavy atom. The second-order valence-electron chi connectivity index (χ2n) is 9.12. The van der Waals surface area contributed by atoms with Crippen LogP contribution in [0.25, 0.3) is 27.6 Å². The minimum absolute atomic E-state index is 0.0345. The van der Waals surface area contributed by atoms with Crippen LogP contribution in [0, 0.1) is 13.8 Å². The summed E-state index contributed by atoms with van der Waals surface area (Å²) in [5.74, 6) is 0.910. The van der Waals surface area contributed by atoms with Crippen molar-refractivity contribution >= 4 is 16.6 Å². The van der Waals surface area contributed by atoms with Crippen LogP contribution in [-0.2, 0) is 4.74 Å². The summed E-state index contributed by atoms with van der Waals surface area (Å²) in [6.45, 7) is 9.93. The van der Waals surface area contributed by atoms with Crippen LogP contribution in [0.4, 0.5) is 5.82 Å². The van der Waals surface area contributed by atoms with E-state index in [1.165, 1.54) is 5.56 Å². The molecule has 0 N–H and O–H groups in total. The number of rotatable bonds is 3. The maximum absolute atomic E-state index is 13.5. The summed E-state index contributed by atoms with van der Waals surface area (Å²) in [5.41, 5.74) is 5.21. The number of hydrogen-bond acceptors (Lipinski definition) is 4. The Morgan fingerprint density at radius 2 is 1.67 bits per heavy atom. The fourth-order valence-corrected chi connectivity index (χ4v) is 4.84. The number of pyridine rings is 2. The van der Waals surface area contributed by atoms with Crippen molar-refractivity contribution in [3.63, 3.8) is 0 Å². The number of aromatic nitrogens is 2. The van der Waals surface area contributed by atoms with Gasteiger partial charge in [-0.25, -0.2) is 4.98 Å². The van der Waals surface area contributed by atoms with Gasteiger partial charge in [-0.05, 0) is 68.0 Å². The molecule has 4 aromatic rings. The number of hydrogen-bond donors (Lipinski definition) is 0. The number of aryl methyl sites for hydroxylation is 2. The Hall–Kier alpha value is -3.44. The smallest absolute Gasteiger partial charge is 0.263 e. The van der Waals surface area contributed by atoms with E-state index < -0.39 is 0 Å². The predicted octanol–water partition coefficient (Wildman–Crippen LogP) is 5.28. The standard InChI is InChI=1S/C28H29N3O2/c1-18-8-10-22(11-9-18)24-6-5-7-25-27(24)19(2)15-31(28(25)32)23-12-13-26(29-14-23)30-16-20(3)33-21(4)17-30/h5-15,20-21H,16-17H2,1-4H3/t20-,21+. The lowest BCUT2D eigenvalue weighted by atomic mass is 9.96. The zero-order valence-electron chi connectivity index (χ0n) is 19.6. The highest BCUT2D eigenvalue weighted by Gasteiger charge is 2.23. The van der Waals surface area contributed by atoms with Crippen LogP contribution in [0.5, 0.6) is 0 Å². The van der Waals surface area contributed by atoms with Gasteiger partial charge in [0.25, 0.3) is 5.56 Å². The van der Waals surface area contributed by atoms with Gasteiger partial charge in [-0.15, -0.1) is 0 Å². The molecule has 0 amide bonds. The molecule has 1 aliphatic heterocycles. The number of ether oxygens (including phenoxy) is 1. The van der Waals surface area contributed by atoms with Crippen molar-refractivity contribution in [3.8, 4) is 16.8 Å². The fourth-order valence-electron chi connectivity index (χ4n) is 4.84. The summed E-state index contributed by atoms with van der Waals surface area (Å²) < 4.78 is 7.54. The highest BCUT2D eigenvalue weighted by Crippen LogP contribution is 2.30. The molecule has 5 heteroatoms. The summed E-state index contributed by atoms with van der Waals surface area (Å²) in [7, 11) is 0. The van der Waals surface area contributed by atoms with Gasteiger partial charge >= 0.3 is 0 Å². The molecule has 1 fully saturated rings. The molecule has 2 aromatic heterocycles. The maximum atomic E-state index is 13.5. The van der Waals surface area contributed by atoms with Gasteiger partial charge in [0, 0.05) is 24.7 Å². The predicted molar refractivity (Wildman–Crippen MR) is 134 cm³/mol. The molecule has 2 aromatic carbocycles. The Kier molecular flexibility index (Phi) is 5.51. The average Bonchev–Trinajstić information content (AvgIpc) is 2.81. The number of fused-ring (bicyclic) bond motifs is 1. The van der Waals surface area contributed by atoms with Crippen LogP contribution < -0.4 is 10.5 Å². The minimum Gasteiger partial charge on any atom is -0.372 e. The molecule has 0 aliphatic carbocycles. The zero-order valence-corrected chi connectivity index (χ0v) is 19.6. The molecule has 2 atom stereocenters. The minimum atomic E-state index is -0.0345. The SMILES string of the molecule is Cc1ccc(-c2cccc3c(=O)n(-c4ccc(N5C[C@@H](C)O[C@@H](C)C5)nc4)cc(C)c23)cc1. The van der Waals surface area contributed by atoms with Crippen LogP contribution in [0.2, 0.25) is 0 Å². The first-order chi connectivity index (χ1) is 15.9. The van der Waals surface area contributed by atoms with Crippen LogP contribution in [0.1, 0.15) is 25.0 Å². The van der Waals surface area contributed by atoms with Gasteiger partial charge in [-0.3, -0.25) is 9.36 Å². The van der Waals surface area contributed by atoms with Gasteiger partial charge in [-0.1, -0.05) is 42.0 Å². The van der Waals surface area contributed by atoms with Gasteiger partial charge in [0.05, 0.1) is 24.1 Å². The lowest BCUT2D eigenvalue weighted by Crippen LogP contribution is -2.45. The Morgan fingerprint density at radius 1 is 0.939 bits per heavy atom. The van der Waals surface area contributed by atoms with Gasteiger partial charge in [0.1, 0.15) is 5.82 Å². The molecule has 0 radical (unpaired) electrons. The molecule has 5 rings (SSSR count). The first-order valence-electron chi connectivity index (χ1n) is 11.5. The van der Waals surface area contributed by atoms with Crippen LogP contribution in [0.3, 0.4) is 0 Å². The van der Waals surface area contributed by atoms with Crippen LogP contribution in [0.15, 0.2) is 71.8 Å². The first kappa shape index (κ1) is 21.4. The van der Waals surface area contributed by atoms with E-state index in [1.807, 2.05) is 30.5 Å². The topological polar surface area (TPSA) is 47.4 Å². The lowest BCUT2D eigenvalue weighted by molar-refractivity contribution is -0.00545. The molecule has 3 heterocycles. The quantitative estimate of drug-likeness (QED) is 0.436. The van der Waals surface area contributed by atoms with Crippen molar-refractivity contribution in [1.29, 1.82) is 0 Å².